The van der Waals surface area contributed by atoms with Crippen molar-refractivity contribution < 1.29 is 14.3 Å². The first kappa shape index (κ1) is 14.2. The highest BCUT2D eigenvalue weighted by molar-refractivity contribution is 9.10. The van der Waals surface area contributed by atoms with E-state index in [9.17, 15) is 14.0 Å². The van der Waals surface area contributed by atoms with Gasteiger partial charge in [0.2, 0.25) is 0 Å². The average molecular weight is 342 g/mol. The van der Waals surface area contributed by atoms with E-state index in [1.54, 1.807) is 6.07 Å². The second-order valence-corrected chi connectivity index (χ2v) is 4.92. The SMILES string of the molecule is Nc1nc(-c2cc(F)cc(Br)c2)[nH]c(=O)c1CC(=O)O. The smallest absolute Gasteiger partial charge is 0.308 e. The van der Waals surface area contributed by atoms with Crippen LogP contribution in [0.2, 0.25) is 0 Å². The molecule has 20 heavy (non-hydrogen) atoms. The number of hydrogen-bond acceptors (Lipinski definition) is 4. The molecule has 0 saturated heterocycles. The molecule has 0 radical (unpaired) electrons. The van der Waals surface area contributed by atoms with Crippen molar-refractivity contribution in [3.8, 4) is 11.4 Å². The molecule has 2 aromatic rings. The molecular formula is C12H9BrFN3O3. The molecule has 0 aliphatic rings. The van der Waals surface area contributed by atoms with E-state index < -0.39 is 23.8 Å². The second kappa shape index (κ2) is 5.41. The Morgan fingerprint density at radius 2 is 2.15 bits per heavy atom. The van der Waals surface area contributed by atoms with Gasteiger partial charge in [-0.05, 0) is 18.2 Å². The standard InChI is InChI=1S/C12H9BrFN3O3/c13-6-1-5(2-7(14)3-6)11-16-10(15)8(4-9(18)19)12(20)17-11/h1-3H,4H2,(H,18,19)(H3,15,16,17,20). The van der Waals surface area contributed by atoms with Gasteiger partial charge in [-0.2, -0.15) is 0 Å². The van der Waals surface area contributed by atoms with Crippen molar-refractivity contribution in [2.24, 2.45) is 0 Å². The second-order valence-electron chi connectivity index (χ2n) is 4.01. The van der Waals surface area contributed by atoms with Crippen LogP contribution in [0.3, 0.4) is 0 Å². The molecule has 1 aromatic heterocycles. The van der Waals surface area contributed by atoms with Crippen molar-refractivity contribution >= 4 is 27.7 Å². The number of H-pyrrole nitrogens is 1. The predicted octanol–water partition coefficient (Wildman–Crippen LogP) is 1.55. The summed E-state index contributed by atoms with van der Waals surface area (Å²) in [4.78, 5) is 28.7. The molecule has 0 spiro atoms. The van der Waals surface area contributed by atoms with E-state index >= 15 is 0 Å². The minimum atomic E-state index is -1.19. The zero-order valence-corrected chi connectivity index (χ0v) is 11.6. The number of halogens is 2. The number of carboxylic acid groups (broad SMARTS) is 1. The number of aromatic nitrogens is 2. The lowest BCUT2D eigenvalue weighted by Crippen LogP contribution is -2.21. The maximum Gasteiger partial charge on any atom is 0.308 e. The van der Waals surface area contributed by atoms with E-state index in [4.69, 9.17) is 10.8 Å². The van der Waals surface area contributed by atoms with E-state index in [2.05, 4.69) is 25.9 Å². The normalized spacial score (nSPS) is 10.5. The van der Waals surface area contributed by atoms with Gasteiger partial charge in [-0.25, -0.2) is 9.37 Å². The van der Waals surface area contributed by atoms with Crippen LogP contribution in [0.15, 0.2) is 27.5 Å². The van der Waals surface area contributed by atoms with Crippen molar-refractivity contribution in [1.82, 2.24) is 9.97 Å². The zero-order chi connectivity index (χ0) is 14.9. The van der Waals surface area contributed by atoms with Gasteiger partial charge in [-0.1, -0.05) is 15.9 Å². The van der Waals surface area contributed by atoms with Crippen LogP contribution in [0.4, 0.5) is 10.2 Å². The van der Waals surface area contributed by atoms with Gasteiger partial charge in [-0.15, -0.1) is 0 Å². The number of benzene rings is 1. The Morgan fingerprint density at radius 3 is 2.70 bits per heavy atom. The highest BCUT2D eigenvalue weighted by atomic mass is 79.9. The van der Waals surface area contributed by atoms with Crippen LogP contribution >= 0.6 is 15.9 Å². The van der Waals surface area contributed by atoms with Crippen molar-refractivity contribution in [3.05, 3.63) is 44.4 Å². The third-order valence-corrected chi connectivity index (χ3v) is 2.97. The monoisotopic (exact) mass is 341 g/mol. The molecule has 1 aromatic carbocycles. The Kier molecular flexibility index (Phi) is 3.84. The molecule has 6 nitrogen and oxygen atoms in total. The van der Waals surface area contributed by atoms with Crippen LogP contribution in [-0.4, -0.2) is 21.0 Å². The summed E-state index contributed by atoms with van der Waals surface area (Å²) in [5, 5.41) is 8.68. The maximum atomic E-state index is 13.3. The van der Waals surface area contributed by atoms with Crippen LogP contribution in [0.1, 0.15) is 5.56 Å². The number of nitrogens with two attached hydrogens (primary N) is 1. The van der Waals surface area contributed by atoms with Crippen molar-refractivity contribution in [2.75, 3.05) is 5.73 Å². The third-order valence-electron chi connectivity index (χ3n) is 2.51. The van der Waals surface area contributed by atoms with E-state index in [-0.39, 0.29) is 17.2 Å². The summed E-state index contributed by atoms with van der Waals surface area (Å²) in [7, 11) is 0. The number of nitrogen functional groups attached to an aromatic ring is 1. The van der Waals surface area contributed by atoms with Crippen molar-refractivity contribution in [2.45, 2.75) is 6.42 Å². The lowest BCUT2D eigenvalue weighted by molar-refractivity contribution is -0.136. The number of rotatable bonds is 3. The Labute approximate surface area is 120 Å². The Bertz CT molecular complexity index is 725. The Hall–Kier alpha value is -2.22. The summed E-state index contributed by atoms with van der Waals surface area (Å²) >= 11 is 3.13. The van der Waals surface area contributed by atoms with E-state index in [1.807, 2.05) is 0 Å². The highest BCUT2D eigenvalue weighted by Gasteiger charge is 2.14. The fourth-order valence-electron chi connectivity index (χ4n) is 1.66. The molecule has 0 unspecified atom stereocenters. The summed E-state index contributed by atoms with van der Waals surface area (Å²) in [6, 6.07) is 3.99. The Morgan fingerprint density at radius 1 is 1.45 bits per heavy atom. The van der Waals surface area contributed by atoms with Crippen LogP contribution in [0.5, 0.6) is 0 Å². The molecule has 2 rings (SSSR count). The molecular weight excluding hydrogens is 333 g/mol. The number of aromatic amines is 1. The number of aliphatic carboxylic acids is 1. The van der Waals surface area contributed by atoms with Crippen LogP contribution in [-0.2, 0) is 11.2 Å². The lowest BCUT2D eigenvalue weighted by Gasteiger charge is -2.06. The minimum Gasteiger partial charge on any atom is -0.481 e. The maximum absolute atomic E-state index is 13.3. The predicted molar refractivity (Wildman–Crippen MR) is 73.7 cm³/mol. The lowest BCUT2D eigenvalue weighted by atomic mass is 10.2. The van der Waals surface area contributed by atoms with Gasteiger partial charge in [0, 0.05) is 10.0 Å². The molecule has 4 N–H and O–H groups in total. The first-order valence-electron chi connectivity index (χ1n) is 5.43. The van der Waals surface area contributed by atoms with Crippen LogP contribution in [0.25, 0.3) is 11.4 Å². The van der Waals surface area contributed by atoms with Gasteiger partial charge < -0.3 is 15.8 Å². The fourth-order valence-corrected chi connectivity index (χ4v) is 2.13. The number of hydrogen-bond donors (Lipinski definition) is 3. The molecule has 0 fully saturated rings. The minimum absolute atomic E-state index is 0.0711. The third kappa shape index (κ3) is 3.02. The highest BCUT2D eigenvalue weighted by Crippen LogP contribution is 2.22. The van der Waals surface area contributed by atoms with Gasteiger partial charge >= 0.3 is 5.97 Å². The average Bonchev–Trinajstić information content (AvgIpc) is 2.32. The van der Waals surface area contributed by atoms with Crippen LogP contribution < -0.4 is 11.3 Å². The van der Waals surface area contributed by atoms with E-state index in [0.717, 1.165) is 0 Å². The summed E-state index contributed by atoms with van der Waals surface area (Å²) < 4.78 is 13.8. The topological polar surface area (TPSA) is 109 Å². The number of anilines is 1. The molecule has 8 heteroatoms. The summed E-state index contributed by atoms with van der Waals surface area (Å²) in [5.74, 6) is -1.82. The fraction of sp³-hybridized carbons (Fsp3) is 0.0833. The Balaban J connectivity index is 2.54. The molecule has 0 saturated carbocycles. The van der Waals surface area contributed by atoms with Gasteiger partial charge in [0.05, 0.1) is 12.0 Å². The summed E-state index contributed by atoms with van der Waals surface area (Å²) in [6.45, 7) is 0. The quantitative estimate of drug-likeness (QED) is 0.784. The summed E-state index contributed by atoms with van der Waals surface area (Å²) in [5.41, 5.74) is 5.12. The first-order chi connectivity index (χ1) is 9.36. The van der Waals surface area contributed by atoms with Gasteiger partial charge in [0.25, 0.3) is 5.56 Å². The largest absolute Gasteiger partial charge is 0.481 e. The molecule has 0 aliphatic heterocycles. The zero-order valence-electron chi connectivity index (χ0n) is 9.98. The molecule has 0 amide bonds. The van der Waals surface area contributed by atoms with E-state index in [0.29, 0.717) is 10.0 Å². The van der Waals surface area contributed by atoms with Gasteiger partial charge in [0.1, 0.15) is 17.5 Å². The molecule has 0 atom stereocenters. The van der Waals surface area contributed by atoms with Crippen molar-refractivity contribution in [3.63, 3.8) is 0 Å². The number of nitrogens with one attached hydrogen (secondary N) is 1. The van der Waals surface area contributed by atoms with E-state index in [1.165, 1.54) is 12.1 Å². The molecule has 104 valence electrons. The van der Waals surface area contributed by atoms with Crippen molar-refractivity contribution in [1.29, 1.82) is 0 Å². The van der Waals surface area contributed by atoms with Gasteiger partial charge in [-0.3, -0.25) is 9.59 Å². The van der Waals surface area contributed by atoms with Gasteiger partial charge in [0.15, 0.2) is 0 Å². The first-order valence-corrected chi connectivity index (χ1v) is 6.23. The number of carboxylic acids is 1. The van der Waals surface area contributed by atoms with Crippen LogP contribution in [0, 0.1) is 5.82 Å². The molecule has 0 bridgehead atoms. The number of nitrogens with zero attached hydrogens (tertiary/aromatic N) is 1. The summed E-state index contributed by atoms with van der Waals surface area (Å²) in [6.07, 6.45) is -0.526. The molecule has 1 heterocycles. The number of carbonyl (C=O) groups is 1. The molecule has 0 aliphatic carbocycles.